The number of unbranched alkanes of at least 4 members (excludes halogenated alkanes) is 2. The van der Waals surface area contributed by atoms with Crippen LogP contribution in [0.5, 0.6) is 5.75 Å². The molecule has 6 nitrogen and oxygen atoms in total. The molecule has 6 heteroatoms. The molecule has 3 N–H and O–H groups in total. The standard InChI is InChI=1S/C22H25N3O3/c26-20-14-8-7-13-19(20)24-21(27)15-5-2-6-16-22(28)25-23-17-9-12-18-10-3-1-4-11-18/h1,3-4,7-14,17,26H,2,5-6,15-16H2,(H,24,27)(H,25,28)/b12-9+,23-17+. The molecule has 0 spiro atoms. The van der Waals surface area contributed by atoms with Crippen molar-refractivity contribution >= 4 is 29.8 Å². The van der Waals surface area contributed by atoms with E-state index in [2.05, 4.69) is 15.8 Å². The number of hydrogen-bond acceptors (Lipinski definition) is 4. The second-order valence-corrected chi connectivity index (χ2v) is 6.21. The zero-order chi connectivity index (χ0) is 20.0. The van der Waals surface area contributed by atoms with E-state index in [4.69, 9.17) is 0 Å². The fourth-order valence-electron chi connectivity index (χ4n) is 2.47. The Morgan fingerprint density at radius 2 is 1.57 bits per heavy atom. The van der Waals surface area contributed by atoms with Crippen molar-refractivity contribution in [3.63, 3.8) is 0 Å². The van der Waals surface area contributed by atoms with Crippen molar-refractivity contribution in [3.05, 3.63) is 66.2 Å². The molecule has 0 bridgehead atoms. The molecule has 0 atom stereocenters. The third-order valence-electron chi connectivity index (χ3n) is 3.92. The van der Waals surface area contributed by atoms with E-state index in [1.54, 1.807) is 24.3 Å². The highest BCUT2D eigenvalue weighted by atomic mass is 16.3. The molecule has 2 aromatic rings. The minimum atomic E-state index is -0.152. The number of amides is 2. The summed E-state index contributed by atoms with van der Waals surface area (Å²) in [6, 6.07) is 16.4. The van der Waals surface area contributed by atoms with E-state index in [-0.39, 0.29) is 17.6 Å². The van der Waals surface area contributed by atoms with Crippen molar-refractivity contribution in [2.45, 2.75) is 32.1 Å². The predicted molar refractivity (Wildman–Crippen MR) is 112 cm³/mol. The minimum absolute atomic E-state index is 0.0479. The van der Waals surface area contributed by atoms with Gasteiger partial charge in [0.2, 0.25) is 11.8 Å². The van der Waals surface area contributed by atoms with E-state index in [1.165, 1.54) is 12.3 Å². The molecule has 2 amide bonds. The van der Waals surface area contributed by atoms with Crippen LogP contribution in [0.25, 0.3) is 6.08 Å². The van der Waals surface area contributed by atoms with Gasteiger partial charge in [-0.2, -0.15) is 5.10 Å². The topological polar surface area (TPSA) is 90.8 Å². The molecule has 0 saturated carbocycles. The number of nitrogens with one attached hydrogen (secondary N) is 2. The summed E-state index contributed by atoms with van der Waals surface area (Å²) < 4.78 is 0. The molecule has 0 aromatic heterocycles. The quantitative estimate of drug-likeness (QED) is 0.251. The second-order valence-electron chi connectivity index (χ2n) is 6.21. The normalized spacial score (nSPS) is 11.0. The van der Waals surface area contributed by atoms with E-state index in [9.17, 15) is 14.7 Å². The van der Waals surface area contributed by atoms with Gasteiger partial charge >= 0.3 is 0 Å². The fraction of sp³-hybridized carbons (Fsp3) is 0.227. The maximum absolute atomic E-state index is 11.8. The lowest BCUT2D eigenvalue weighted by Crippen LogP contribution is -2.16. The maximum atomic E-state index is 11.8. The summed E-state index contributed by atoms with van der Waals surface area (Å²) in [5.41, 5.74) is 3.95. The Bertz CT molecular complexity index is 817. The molecule has 28 heavy (non-hydrogen) atoms. The van der Waals surface area contributed by atoms with Crippen LogP contribution in [0, 0.1) is 0 Å². The Morgan fingerprint density at radius 3 is 2.32 bits per heavy atom. The van der Waals surface area contributed by atoms with Crippen LogP contribution in [-0.2, 0) is 9.59 Å². The van der Waals surface area contributed by atoms with Crippen molar-refractivity contribution in [2.75, 3.05) is 5.32 Å². The van der Waals surface area contributed by atoms with Crippen LogP contribution in [-0.4, -0.2) is 23.1 Å². The largest absolute Gasteiger partial charge is 0.506 e. The first-order valence-electron chi connectivity index (χ1n) is 9.26. The summed E-state index contributed by atoms with van der Waals surface area (Å²) in [4.78, 5) is 23.5. The number of para-hydroxylation sites is 2. The zero-order valence-electron chi connectivity index (χ0n) is 15.7. The number of hydrazone groups is 1. The molecule has 0 aliphatic rings. The molecule has 0 unspecified atom stereocenters. The maximum Gasteiger partial charge on any atom is 0.240 e. The molecule has 2 aromatic carbocycles. The van der Waals surface area contributed by atoms with Gasteiger partial charge in [-0.15, -0.1) is 0 Å². The highest BCUT2D eigenvalue weighted by Gasteiger charge is 2.06. The molecule has 0 fully saturated rings. The minimum Gasteiger partial charge on any atom is -0.506 e. The number of carbonyl (C=O) groups excluding carboxylic acids is 2. The van der Waals surface area contributed by atoms with Crippen LogP contribution in [0.15, 0.2) is 65.8 Å². The number of allylic oxidation sites excluding steroid dienone is 1. The number of nitrogens with zero attached hydrogens (tertiary/aromatic N) is 1. The number of hydrogen-bond donors (Lipinski definition) is 3. The Kier molecular flexibility index (Phi) is 9.00. The second kappa shape index (κ2) is 12.1. The van der Waals surface area contributed by atoms with Crippen LogP contribution >= 0.6 is 0 Å². The van der Waals surface area contributed by atoms with Crippen LogP contribution in [0.4, 0.5) is 5.69 Å². The SMILES string of the molecule is O=C(CCCCCC(=O)Nc1ccccc1O)N/N=C/C=C/c1ccccc1. The number of benzene rings is 2. The first-order chi connectivity index (χ1) is 13.6. The van der Waals surface area contributed by atoms with Gasteiger partial charge in [0, 0.05) is 19.1 Å². The van der Waals surface area contributed by atoms with Crippen molar-refractivity contribution < 1.29 is 14.7 Å². The predicted octanol–water partition coefficient (Wildman–Crippen LogP) is 4.10. The Hall–Kier alpha value is -3.41. The number of phenols is 1. The summed E-state index contributed by atoms with van der Waals surface area (Å²) in [6.07, 6.45) is 8.03. The molecular weight excluding hydrogens is 354 g/mol. The molecule has 0 aliphatic heterocycles. The molecule has 146 valence electrons. The van der Waals surface area contributed by atoms with E-state index < -0.39 is 0 Å². The van der Waals surface area contributed by atoms with Gasteiger partial charge in [-0.3, -0.25) is 9.59 Å². The molecule has 0 heterocycles. The molecule has 0 aliphatic carbocycles. The molecule has 0 radical (unpaired) electrons. The summed E-state index contributed by atoms with van der Waals surface area (Å²) in [5, 5.41) is 16.2. The van der Waals surface area contributed by atoms with Crippen molar-refractivity contribution in [2.24, 2.45) is 5.10 Å². The van der Waals surface area contributed by atoms with Gasteiger partial charge in [0.1, 0.15) is 5.75 Å². The third-order valence-corrected chi connectivity index (χ3v) is 3.92. The number of anilines is 1. The average Bonchev–Trinajstić information content (AvgIpc) is 2.70. The van der Waals surface area contributed by atoms with Crippen molar-refractivity contribution in [1.29, 1.82) is 0 Å². The summed E-state index contributed by atoms with van der Waals surface area (Å²) in [6.45, 7) is 0. The molecule has 0 saturated heterocycles. The highest BCUT2D eigenvalue weighted by molar-refractivity contribution is 5.92. The molecular formula is C22H25N3O3. The van der Waals surface area contributed by atoms with E-state index >= 15 is 0 Å². The summed E-state index contributed by atoms with van der Waals surface area (Å²) >= 11 is 0. The van der Waals surface area contributed by atoms with Crippen LogP contribution in [0.1, 0.15) is 37.7 Å². The first kappa shape index (κ1) is 20.9. The Balaban J connectivity index is 1.53. The fourth-order valence-corrected chi connectivity index (χ4v) is 2.47. The average molecular weight is 379 g/mol. The smallest absolute Gasteiger partial charge is 0.240 e. The molecule has 2 rings (SSSR count). The number of aromatic hydroxyl groups is 1. The van der Waals surface area contributed by atoms with E-state index in [1.807, 2.05) is 36.4 Å². The van der Waals surface area contributed by atoms with Gasteiger partial charge < -0.3 is 10.4 Å². The van der Waals surface area contributed by atoms with Crippen molar-refractivity contribution in [3.8, 4) is 5.75 Å². The van der Waals surface area contributed by atoms with Crippen LogP contribution in [0.3, 0.4) is 0 Å². The van der Waals surface area contributed by atoms with Crippen molar-refractivity contribution in [1.82, 2.24) is 5.43 Å². The summed E-state index contributed by atoms with van der Waals surface area (Å²) in [5.74, 6) is -0.254. The lowest BCUT2D eigenvalue weighted by atomic mass is 10.1. The number of rotatable bonds is 10. The lowest BCUT2D eigenvalue weighted by molar-refractivity contribution is -0.121. The number of carbonyl (C=O) groups is 2. The van der Waals surface area contributed by atoms with E-state index in [0.29, 0.717) is 31.4 Å². The third kappa shape index (κ3) is 8.31. The van der Waals surface area contributed by atoms with Gasteiger partial charge in [-0.05, 0) is 36.6 Å². The van der Waals surface area contributed by atoms with Gasteiger partial charge in [0.05, 0.1) is 5.69 Å². The van der Waals surface area contributed by atoms with Crippen LogP contribution in [0.2, 0.25) is 0 Å². The Morgan fingerprint density at radius 1 is 0.893 bits per heavy atom. The van der Waals surface area contributed by atoms with Crippen LogP contribution < -0.4 is 10.7 Å². The van der Waals surface area contributed by atoms with Gasteiger partial charge in [-0.1, -0.05) is 55.0 Å². The first-order valence-corrected chi connectivity index (χ1v) is 9.26. The summed E-state index contributed by atoms with van der Waals surface area (Å²) in [7, 11) is 0. The monoisotopic (exact) mass is 379 g/mol. The van der Waals surface area contributed by atoms with E-state index in [0.717, 1.165) is 12.0 Å². The van der Waals surface area contributed by atoms with Gasteiger partial charge in [0.15, 0.2) is 0 Å². The highest BCUT2D eigenvalue weighted by Crippen LogP contribution is 2.21. The number of phenolic OH excluding ortho intramolecular Hbond substituents is 1. The lowest BCUT2D eigenvalue weighted by Gasteiger charge is -2.06. The Labute approximate surface area is 165 Å². The van der Waals surface area contributed by atoms with Gasteiger partial charge in [-0.25, -0.2) is 5.43 Å². The zero-order valence-corrected chi connectivity index (χ0v) is 15.7. The van der Waals surface area contributed by atoms with Gasteiger partial charge in [0.25, 0.3) is 0 Å².